The van der Waals surface area contributed by atoms with E-state index in [0.717, 1.165) is 0 Å². The molecule has 60 valence electrons. The first kappa shape index (κ1) is 9.87. The van der Waals surface area contributed by atoms with Crippen molar-refractivity contribution in [2.24, 2.45) is 10.8 Å². The summed E-state index contributed by atoms with van der Waals surface area (Å²) >= 11 is 0. The third-order valence-electron chi connectivity index (χ3n) is 1.73. The summed E-state index contributed by atoms with van der Waals surface area (Å²) in [5.74, 6) is 0. The lowest BCUT2D eigenvalue weighted by Gasteiger charge is -2.20. The summed E-state index contributed by atoms with van der Waals surface area (Å²) < 4.78 is 0. The van der Waals surface area contributed by atoms with Gasteiger partial charge < -0.3 is 0 Å². The highest BCUT2D eigenvalue weighted by molar-refractivity contribution is 4.92. The number of hydrogen-bond acceptors (Lipinski definition) is 0. The summed E-state index contributed by atoms with van der Waals surface area (Å²) in [5, 5.41) is 0. The van der Waals surface area contributed by atoms with Gasteiger partial charge in [-0.15, -0.1) is 0 Å². The highest BCUT2D eigenvalue weighted by Gasteiger charge is 2.33. The molecular weight excluding hydrogens is 120 g/mol. The van der Waals surface area contributed by atoms with Crippen LogP contribution in [0.3, 0.4) is 0 Å². The highest BCUT2D eigenvalue weighted by atomic mass is 14.3. The molecule has 0 radical (unpaired) electrons. The highest BCUT2D eigenvalue weighted by Crippen LogP contribution is 2.33. The molecule has 10 heavy (non-hydrogen) atoms. The van der Waals surface area contributed by atoms with Gasteiger partial charge in [-0.25, -0.2) is 0 Å². The summed E-state index contributed by atoms with van der Waals surface area (Å²) in [6, 6.07) is 0. The second kappa shape index (κ2) is 2.86. The zero-order chi connectivity index (χ0) is 8.41. The molecule has 0 N–H and O–H groups in total. The normalized spacial score (nSPS) is 13.4. The second-order valence-electron chi connectivity index (χ2n) is 4.85. The van der Waals surface area contributed by atoms with Crippen LogP contribution in [0.15, 0.2) is 0 Å². The Bertz CT molecular complexity index is 93.1. The smallest absolute Gasteiger partial charge is 0.0608 e. The Morgan fingerprint density at radius 2 is 1.40 bits per heavy atom. The Morgan fingerprint density at radius 1 is 1.00 bits per heavy atom. The zero-order valence-corrected chi connectivity index (χ0v) is 8.28. The molecule has 0 bridgehead atoms. The van der Waals surface area contributed by atoms with E-state index in [9.17, 15) is 0 Å². The monoisotopic (exact) mass is 141 g/mol. The van der Waals surface area contributed by atoms with Crippen molar-refractivity contribution in [2.45, 2.75) is 48.0 Å². The van der Waals surface area contributed by atoms with Crippen molar-refractivity contribution in [2.75, 3.05) is 0 Å². The first-order valence-electron chi connectivity index (χ1n) is 4.14. The molecule has 0 unspecified atom stereocenters. The summed E-state index contributed by atoms with van der Waals surface area (Å²) in [6.07, 6.45) is 3.66. The fraction of sp³-hybridized carbons (Fsp3) is 0.900. The number of hydrogen-bond donors (Lipinski definition) is 0. The first-order chi connectivity index (χ1) is 4.27. The molecule has 0 heteroatoms. The van der Waals surface area contributed by atoms with Gasteiger partial charge in [0.15, 0.2) is 0 Å². The Hall–Kier alpha value is -0.130. The topological polar surface area (TPSA) is 0 Å². The molecule has 0 amide bonds. The van der Waals surface area contributed by atoms with Crippen LogP contribution in [0.1, 0.15) is 48.0 Å². The standard InChI is InChI=1S/C10H21/c1-7-10(5,6)8-9(2,3)4/h8H,7H2,1-6H3/q+1. The van der Waals surface area contributed by atoms with Gasteiger partial charge in [0.05, 0.1) is 11.8 Å². The van der Waals surface area contributed by atoms with Crippen LogP contribution in [0.2, 0.25) is 0 Å². The van der Waals surface area contributed by atoms with Gasteiger partial charge in [0, 0.05) is 0 Å². The van der Waals surface area contributed by atoms with E-state index in [1.54, 1.807) is 0 Å². The summed E-state index contributed by atoms with van der Waals surface area (Å²) in [4.78, 5) is 0. The van der Waals surface area contributed by atoms with E-state index in [1.165, 1.54) is 6.42 Å². The van der Waals surface area contributed by atoms with Crippen LogP contribution < -0.4 is 0 Å². The van der Waals surface area contributed by atoms with Gasteiger partial charge in [0.2, 0.25) is 0 Å². The summed E-state index contributed by atoms with van der Waals surface area (Å²) in [6.45, 7) is 13.6. The molecule has 0 aromatic carbocycles. The van der Waals surface area contributed by atoms with Crippen LogP contribution in [0, 0.1) is 17.3 Å². The van der Waals surface area contributed by atoms with Crippen molar-refractivity contribution in [1.82, 2.24) is 0 Å². The van der Waals surface area contributed by atoms with Gasteiger partial charge in [-0.1, -0.05) is 6.92 Å². The minimum absolute atomic E-state index is 0.361. The fourth-order valence-corrected chi connectivity index (χ4v) is 1.27. The number of rotatable bonds is 2. The van der Waals surface area contributed by atoms with Gasteiger partial charge in [-0.3, -0.25) is 0 Å². The molecule has 0 aromatic rings. The van der Waals surface area contributed by atoms with E-state index >= 15 is 0 Å². The molecule has 0 spiro atoms. The lowest BCUT2D eigenvalue weighted by atomic mass is 9.75. The Morgan fingerprint density at radius 3 is 1.50 bits per heavy atom. The molecule has 0 atom stereocenters. The average Bonchev–Trinajstić information content (AvgIpc) is 1.60. The minimum Gasteiger partial charge on any atom is -0.0608 e. The van der Waals surface area contributed by atoms with Crippen LogP contribution in [0.5, 0.6) is 0 Å². The van der Waals surface area contributed by atoms with Crippen molar-refractivity contribution in [3.05, 3.63) is 6.42 Å². The fourth-order valence-electron chi connectivity index (χ4n) is 1.27. The molecule has 0 aliphatic heterocycles. The van der Waals surface area contributed by atoms with Gasteiger partial charge in [-0.2, -0.15) is 0 Å². The van der Waals surface area contributed by atoms with E-state index in [4.69, 9.17) is 0 Å². The quantitative estimate of drug-likeness (QED) is 0.515. The van der Waals surface area contributed by atoms with E-state index in [-0.39, 0.29) is 0 Å². The van der Waals surface area contributed by atoms with E-state index in [2.05, 4.69) is 48.0 Å². The largest absolute Gasteiger partial charge is 0.103 e. The third kappa shape index (κ3) is 4.72. The molecule has 0 saturated heterocycles. The second-order valence-corrected chi connectivity index (χ2v) is 4.85. The van der Waals surface area contributed by atoms with Gasteiger partial charge in [0.1, 0.15) is 5.41 Å². The van der Waals surface area contributed by atoms with Crippen molar-refractivity contribution in [1.29, 1.82) is 0 Å². The first-order valence-corrected chi connectivity index (χ1v) is 4.14. The van der Waals surface area contributed by atoms with Crippen LogP contribution in [0.4, 0.5) is 0 Å². The third-order valence-corrected chi connectivity index (χ3v) is 1.73. The van der Waals surface area contributed by atoms with Crippen LogP contribution >= 0.6 is 0 Å². The summed E-state index contributed by atoms with van der Waals surface area (Å²) in [7, 11) is 0. The molecule has 0 saturated carbocycles. The van der Waals surface area contributed by atoms with Crippen molar-refractivity contribution >= 4 is 0 Å². The average molecular weight is 141 g/mol. The maximum absolute atomic E-state index is 2.43. The molecule has 0 fully saturated rings. The Labute approximate surface area is 66.0 Å². The van der Waals surface area contributed by atoms with Crippen LogP contribution in [-0.4, -0.2) is 0 Å². The Kier molecular flexibility index (Phi) is 2.82. The summed E-state index contributed by atoms with van der Waals surface area (Å²) in [5.41, 5.74) is 0.762. The maximum Gasteiger partial charge on any atom is 0.103 e. The predicted octanol–water partition coefficient (Wildman–Crippen LogP) is 3.67. The van der Waals surface area contributed by atoms with E-state index < -0.39 is 0 Å². The van der Waals surface area contributed by atoms with Crippen LogP contribution in [0.25, 0.3) is 0 Å². The van der Waals surface area contributed by atoms with Crippen molar-refractivity contribution < 1.29 is 0 Å². The Balaban J connectivity index is 3.89. The molecule has 0 rings (SSSR count). The molecule has 0 heterocycles. The molecule has 0 aliphatic rings. The molecular formula is C10H21+. The van der Waals surface area contributed by atoms with E-state index in [0.29, 0.717) is 10.8 Å². The van der Waals surface area contributed by atoms with Gasteiger partial charge in [0.25, 0.3) is 0 Å². The SMILES string of the molecule is CCC(C)(C)[CH+]C(C)(C)C. The maximum atomic E-state index is 2.43. The minimum atomic E-state index is 0.361. The van der Waals surface area contributed by atoms with Gasteiger partial charge in [-0.05, 0) is 41.0 Å². The van der Waals surface area contributed by atoms with E-state index in [1.807, 2.05) is 0 Å². The lowest BCUT2D eigenvalue weighted by molar-refractivity contribution is 0.316. The van der Waals surface area contributed by atoms with Gasteiger partial charge >= 0.3 is 0 Å². The van der Waals surface area contributed by atoms with Crippen LogP contribution in [-0.2, 0) is 0 Å². The van der Waals surface area contributed by atoms with Crippen molar-refractivity contribution in [3.8, 4) is 0 Å². The molecule has 0 nitrogen and oxygen atoms in total. The van der Waals surface area contributed by atoms with Crippen molar-refractivity contribution in [3.63, 3.8) is 0 Å². The lowest BCUT2D eigenvalue weighted by Crippen LogP contribution is -2.20. The molecule has 0 aromatic heterocycles. The predicted molar refractivity (Wildman–Crippen MR) is 47.8 cm³/mol. The molecule has 0 aliphatic carbocycles. The zero-order valence-electron chi connectivity index (χ0n) is 8.28.